The fraction of sp³-hybridized carbons (Fsp3) is 0.435. The molecule has 1 atom stereocenters. The molecule has 1 aliphatic heterocycles. The van der Waals surface area contributed by atoms with Crippen molar-refractivity contribution in [3.05, 3.63) is 59.4 Å². The van der Waals surface area contributed by atoms with Crippen LogP contribution in [0.3, 0.4) is 0 Å². The van der Waals surface area contributed by atoms with Crippen molar-refractivity contribution in [2.45, 2.75) is 42.9 Å². The number of carbonyl (C=O) groups excluding carboxylic acids is 1. The third-order valence-corrected chi connectivity index (χ3v) is 6.77. The van der Waals surface area contributed by atoms with Gasteiger partial charge in [-0.25, -0.2) is 4.39 Å². The van der Waals surface area contributed by atoms with Crippen LogP contribution in [0.1, 0.15) is 25.7 Å². The Morgan fingerprint density at radius 3 is 2.47 bits per heavy atom. The van der Waals surface area contributed by atoms with Gasteiger partial charge in [-0.15, -0.1) is 0 Å². The van der Waals surface area contributed by atoms with E-state index in [0.717, 1.165) is 38.8 Å². The Bertz CT molecular complexity index is 915. The number of nitrogens with zero attached hydrogens (tertiary/aromatic N) is 1. The van der Waals surface area contributed by atoms with Gasteiger partial charge in [-0.05, 0) is 74.2 Å². The van der Waals surface area contributed by atoms with Crippen molar-refractivity contribution in [1.82, 2.24) is 10.2 Å². The van der Waals surface area contributed by atoms with Crippen LogP contribution in [0.5, 0.6) is 11.5 Å². The molecule has 5 nitrogen and oxygen atoms in total. The third kappa shape index (κ3) is 3.74. The van der Waals surface area contributed by atoms with Crippen LogP contribution in [0.25, 0.3) is 0 Å². The number of halogens is 2. The van der Waals surface area contributed by atoms with Gasteiger partial charge in [0.15, 0.2) is 6.61 Å². The zero-order valence-electron chi connectivity index (χ0n) is 16.6. The molecule has 7 heteroatoms. The van der Waals surface area contributed by atoms with Crippen molar-refractivity contribution in [3.63, 3.8) is 0 Å². The van der Waals surface area contributed by atoms with Gasteiger partial charge >= 0.3 is 0 Å². The van der Waals surface area contributed by atoms with Crippen molar-refractivity contribution in [1.29, 1.82) is 0 Å². The lowest BCUT2D eigenvalue weighted by Crippen LogP contribution is -2.83. The molecule has 1 saturated heterocycles. The van der Waals surface area contributed by atoms with Gasteiger partial charge in [0, 0.05) is 29.2 Å². The average Bonchev–Trinajstić information content (AvgIpc) is 3.13. The van der Waals surface area contributed by atoms with Gasteiger partial charge in [-0.1, -0.05) is 11.6 Å². The minimum Gasteiger partial charge on any atom is -0.489 e. The lowest BCUT2D eigenvalue weighted by atomic mass is 9.43. The second-order valence-corrected chi connectivity index (χ2v) is 9.19. The molecule has 2 bridgehead atoms. The predicted molar refractivity (Wildman–Crippen MR) is 111 cm³/mol. The average molecular weight is 431 g/mol. The maximum Gasteiger partial charge on any atom is 0.258 e. The SMILES string of the molecule is O=C(COc1ccc(Cl)cc1)NC12CC(N3CCC(Oc4ccc(F)cc4)C3)(C1)C2. The van der Waals surface area contributed by atoms with Crippen LogP contribution in [0.15, 0.2) is 48.5 Å². The van der Waals surface area contributed by atoms with Crippen LogP contribution in [-0.2, 0) is 4.79 Å². The van der Waals surface area contributed by atoms with E-state index < -0.39 is 0 Å². The smallest absolute Gasteiger partial charge is 0.258 e. The summed E-state index contributed by atoms with van der Waals surface area (Å²) in [5.41, 5.74) is 0.127. The standard InChI is InChI=1S/C23H24ClFN2O3/c24-16-1-5-18(6-2-16)29-12-21(28)26-22-13-23(14-22,15-22)27-10-9-20(11-27)30-19-7-3-17(25)4-8-19/h1-8,20H,9-15H2,(H,26,28). The summed E-state index contributed by atoms with van der Waals surface area (Å²) in [4.78, 5) is 14.8. The molecule has 3 saturated carbocycles. The molecule has 158 valence electrons. The normalized spacial score (nSPS) is 29.6. The van der Waals surface area contributed by atoms with Crippen LogP contribution in [0.2, 0.25) is 5.02 Å². The van der Waals surface area contributed by atoms with Gasteiger partial charge in [-0.3, -0.25) is 9.69 Å². The predicted octanol–water partition coefficient (Wildman–Crippen LogP) is 3.80. The Morgan fingerprint density at radius 2 is 1.77 bits per heavy atom. The molecule has 0 spiro atoms. The van der Waals surface area contributed by atoms with Crippen molar-refractivity contribution in [3.8, 4) is 11.5 Å². The minimum absolute atomic E-state index is 0.00762. The molecule has 30 heavy (non-hydrogen) atoms. The van der Waals surface area contributed by atoms with Crippen LogP contribution >= 0.6 is 11.6 Å². The van der Waals surface area contributed by atoms with Gasteiger partial charge in [0.25, 0.3) is 5.91 Å². The molecule has 1 amide bonds. The molecule has 4 aliphatic rings. The van der Waals surface area contributed by atoms with Crippen molar-refractivity contribution in [2.75, 3.05) is 19.7 Å². The number of amides is 1. The quantitative estimate of drug-likeness (QED) is 0.725. The van der Waals surface area contributed by atoms with E-state index in [4.69, 9.17) is 21.1 Å². The fourth-order valence-electron chi connectivity index (χ4n) is 5.17. The lowest BCUT2D eigenvalue weighted by molar-refractivity contribution is -0.179. The molecular formula is C23H24ClFN2O3. The number of ether oxygens (including phenoxy) is 2. The Hall–Kier alpha value is -2.31. The van der Waals surface area contributed by atoms with E-state index in [1.807, 2.05) is 0 Å². The number of nitrogens with one attached hydrogen (secondary N) is 1. The first kappa shape index (κ1) is 19.6. The summed E-state index contributed by atoms with van der Waals surface area (Å²) in [6.07, 6.45) is 4.04. The van der Waals surface area contributed by atoms with Gasteiger partial charge in [0.2, 0.25) is 0 Å². The first-order valence-corrected chi connectivity index (χ1v) is 10.7. The third-order valence-electron chi connectivity index (χ3n) is 6.52. The molecule has 0 aromatic heterocycles. The van der Waals surface area contributed by atoms with Crippen molar-refractivity contribution < 1.29 is 18.7 Å². The summed E-state index contributed by atoms with van der Waals surface area (Å²) in [6, 6.07) is 13.2. The molecule has 4 fully saturated rings. The Morgan fingerprint density at radius 1 is 1.10 bits per heavy atom. The van der Waals surface area contributed by atoms with E-state index in [1.165, 1.54) is 12.1 Å². The highest BCUT2D eigenvalue weighted by molar-refractivity contribution is 6.30. The number of likely N-dealkylation sites (tertiary alicyclic amines) is 1. The summed E-state index contributed by atoms with van der Waals surface area (Å²) in [6.45, 7) is 1.88. The van der Waals surface area contributed by atoms with Crippen LogP contribution < -0.4 is 14.8 Å². The number of carbonyl (C=O) groups is 1. The number of hydrogen-bond acceptors (Lipinski definition) is 4. The van der Waals surface area contributed by atoms with Gasteiger partial charge in [-0.2, -0.15) is 0 Å². The zero-order valence-corrected chi connectivity index (χ0v) is 17.3. The van der Waals surface area contributed by atoms with Crippen molar-refractivity contribution in [2.24, 2.45) is 0 Å². The van der Waals surface area contributed by atoms with Crippen LogP contribution in [0, 0.1) is 5.82 Å². The summed E-state index contributed by atoms with van der Waals surface area (Å²) >= 11 is 5.85. The van der Waals surface area contributed by atoms with E-state index in [1.54, 1.807) is 36.4 Å². The molecule has 1 heterocycles. The fourth-order valence-corrected chi connectivity index (χ4v) is 5.30. The maximum atomic E-state index is 13.0. The largest absolute Gasteiger partial charge is 0.489 e. The van der Waals surface area contributed by atoms with E-state index in [-0.39, 0.29) is 35.5 Å². The molecule has 0 radical (unpaired) electrons. The summed E-state index contributed by atoms with van der Waals surface area (Å²) < 4.78 is 24.6. The summed E-state index contributed by atoms with van der Waals surface area (Å²) in [5, 5.41) is 3.80. The summed E-state index contributed by atoms with van der Waals surface area (Å²) in [5.74, 6) is 1.01. The first-order valence-electron chi connectivity index (χ1n) is 10.3. The highest BCUT2D eigenvalue weighted by atomic mass is 35.5. The monoisotopic (exact) mass is 430 g/mol. The van der Waals surface area contributed by atoms with Gasteiger partial charge < -0.3 is 14.8 Å². The summed E-state index contributed by atoms with van der Waals surface area (Å²) in [7, 11) is 0. The molecule has 2 aromatic rings. The highest BCUT2D eigenvalue weighted by Gasteiger charge is 2.71. The Kier molecular flexibility index (Phi) is 4.86. The number of benzene rings is 2. The van der Waals surface area contributed by atoms with Gasteiger partial charge in [0.05, 0.1) is 0 Å². The van der Waals surface area contributed by atoms with Crippen LogP contribution in [-0.4, -0.2) is 47.7 Å². The van der Waals surface area contributed by atoms with Gasteiger partial charge in [0.1, 0.15) is 23.4 Å². The molecule has 2 aromatic carbocycles. The maximum absolute atomic E-state index is 13.0. The molecule has 1 N–H and O–H groups in total. The van der Waals surface area contributed by atoms with Crippen LogP contribution in [0.4, 0.5) is 4.39 Å². The number of rotatable bonds is 7. The molecule has 3 aliphatic carbocycles. The Labute approximate surface area is 180 Å². The van der Waals surface area contributed by atoms with E-state index >= 15 is 0 Å². The number of hydrogen-bond donors (Lipinski definition) is 1. The molecule has 6 rings (SSSR count). The van der Waals surface area contributed by atoms with Crippen molar-refractivity contribution >= 4 is 17.5 Å². The minimum atomic E-state index is -0.254. The van der Waals surface area contributed by atoms with E-state index in [9.17, 15) is 9.18 Å². The molecular weight excluding hydrogens is 407 g/mol. The second kappa shape index (κ2) is 7.43. The highest BCUT2D eigenvalue weighted by Crippen LogP contribution is 2.64. The second-order valence-electron chi connectivity index (χ2n) is 8.75. The molecule has 1 unspecified atom stereocenters. The van der Waals surface area contributed by atoms with E-state index in [0.29, 0.717) is 16.5 Å². The van der Waals surface area contributed by atoms with E-state index in [2.05, 4.69) is 10.2 Å². The topological polar surface area (TPSA) is 50.8 Å². The Balaban J connectivity index is 1.06. The zero-order chi connectivity index (χ0) is 20.8. The lowest BCUT2D eigenvalue weighted by Gasteiger charge is -2.73. The first-order chi connectivity index (χ1) is 14.4.